The van der Waals surface area contributed by atoms with Gasteiger partial charge in [-0.05, 0) is 38.3 Å². The van der Waals surface area contributed by atoms with Gasteiger partial charge in [0.2, 0.25) is 5.91 Å². The van der Waals surface area contributed by atoms with Crippen LogP contribution >= 0.6 is 0 Å². The fraction of sp³-hybridized carbons (Fsp3) is 0.786. The number of allylic oxidation sites excluding steroid dienone is 1. The van der Waals surface area contributed by atoms with Gasteiger partial charge in [0.25, 0.3) is 0 Å². The van der Waals surface area contributed by atoms with Crippen molar-refractivity contribution in [1.29, 1.82) is 0 Å². The van der Waals surface area contributed by atoms with Gasteiger partial charge in [0.1, 0.15) is 0 Å². The first kappa shape index (κ1) is 13.6. The van der Waals surface area contributed by atoms with Crippen LogP contribution in [0.15, 0.2) is 12.2 Å². The van der Waals surface area contributed by atoms with Crippen LogP contribution in [0.5, 0.6) is 0 Å². The SMILES string of the molecule is COCCN1CC=CC[C@H](C2CCNCC2)C1=O. The molecule has 102 valence electrons. The Morgan fingerprint density at radius 3 is 2.89 bits per heavy atom. The van der Waals surface area contributed by atoms with Crippen molar-refractivity contribution < 1.29 is 9.53 Å². The van der Waals surface area contributed by atoms with Crippen molar-refractivity contribution in [3.05, 3.63) is 12.2 Å². The molecular weight excluding hydrogens is 228 g/mol. The van der Waals surface area contributed by atoms with Crippen molar-refractivity contribution in [2.24, 2.45) is 11.8 Å². The molecule has 0 radical (unpaired) electrons. The zero-order valence-corrected chi connectivity index (χ0v) is 11.2. The van der Waals surface area contributed by atoms with Gasteiger partial charge in [-0.3, -0.25) is 4.79 Å². The molecule has 0 aliphatic carbocycles. The molecule has 1 atom stereocenters. The molecule has 1 amide bonds. The van der Waals surface area contributed by atoms with Gasteiger partial charge >= 0.3 is 0 Å². The Morgan fingerprint density at radius 1 is 1.39 bits per heavy atom. The Hall–Kier alpha value is -0.870. The summed E-state index contributed by atoms with van der Waals surface area (Å²) in [6.45, 7) is 4.18. The van der Waals surface area contributed by atoms with Crippen LogP contribution in [0.2, 0.25) is 0 Å². The van der Waals surface area contributed by atoms with Crippen molar-refractivity contribution in [1.82, 2.24) is 10.2 Å². The van der Waals surface area contributed by atoms with Gasteiger partial charge in [0.15, 0.2) is 0 Å². The Morgan fingerprint density at radius 2 is 2.17 bits per heavy atom. The minimum absolute atomic E-state index is 0.183. The molecule has 18 heavy (non-hydrogen) atoms. The van der Waals surface area contributed by atoms with Gasteiger partial charge in [-0.1, -0.05) is 12.2 Å². The average Bonchev–Trinajstić information content (AvgIpc) is 2.60. The van der Waals surface area contributed by atoms with Crippen LogP contribution in [0.1, 0.15) is 19.3 Å². The second-order valence-electron chi connectivity index (χ2n) is 5.18. The number of nitrogens with zero attached hydrogens (tertiary/aromatic N) is 1. The van der Waals surface area contributed by atoms with Crippen LogP contribution in [0.25, 0.3) is 0 Å². The predicted octanol–water partition coefficient (Wildman–Crippen LogP) is 1.04. The van der Waals surface area contributed by atoms with Crippen molar-refractivity contribution in [2.45, 2.75) is 19.3 Å². The highest BCUT2D eigenvalue weighted by molar-refractivity contribution is 5.80. The normalized spacial score (nSPS) is 26.4. The van der Waals surface area contributed by atoms with E-state index in [9.17, 15) is 4.79 Å². The van der Waals surface area contributed by atoms with Crippen LogP contribution in [-0.4, -0.2) is 50.7 Å². The second-order valence-corrected chi connectivity index (χ2v) is 5.18. The van der Waals surface area contributed by atoms with Crippen molar-refractivity contribution in [3.8, 4) is 0 Å². The molecule has 0 saturated carbocycles. The molecule has 0 unspecified atom stereocenters. The van der Waals surface area contributed by atoms with Crippen molar-refractivity contribution >= 4 is 5.91 Å². The first-order valence-electron chi connectivity index (χ1n) is 6.96. The molecule has 1 N–H and O–H groups in total. The summed E-state index contributed by atoms with van der Waals surface area (Å²) >= 11 is 0. The zero-order valence-electron chi connectivity index (χ0n) is 11.2. The monoisotopic (exact) mass is 252 g/mol. The van der Waals surface area contributed by atoms with Crippen LogP contribution < -0.4 is 5.32 Å². The van der Waals surface area contributed by atoms with E-state index >= 15 is 0 Å². The lowest BCUT2D eigenvalue weighted by Crippen LogP contribution is -2.42. The smallest absolute Gasteiger partial charge is 0.226 e. The summed E-state index contributed by atoms with van der Waals surface area (Å²) in [5.74, 6) is 1.05. The number of piperidine rings is 1. The third-order valence-corrected chi connectivity index (χ3v) is 4.03. The van der Waals surface area contributed by atoms with Crippen LogP contribution in [-0.2, 0) is 9.53 Å². The number of hydrogen-bond acceptors (Lipinski definition) is 3. The molecule has 2 aliphatic rings. The molecular formula is C14H24N2O2. The molecule has 1 fully saturated rings. The lowest BCUT2D eigenvalue weighted by Gasteiger charge is -2.32. The topological polar surface area (TPSA) is 41.6 Å². The zero-order chi connectivity index (χ0) is 12.8. The third-order valence-electron chi connectivity index (χ3n) is 4.03. The van der Waals surface area contributed by atoms with Gasteiger partial charge in [0, 0.05) is 26.1 Å². The molecule has 2 heterocycles. The number of rotatable bonds is 4. The maximum Gasteiger partial charge on any atom is 0.226 e. The molecule has 0 spiro atoms. The fourth-order valence-electron chi connectivity index (χ4n) is 2.91. The highest BCUT2D eigenvalue weighted by Gasteiger charge is 2.32. The minimum Gasteiger partial charge on any atom is -0.383 e. The molecule has 1 saturated heterocycles. The minimum atomic E-state index is 0.183. The maximum atomic E-state index is 12.6. The Kier molecular flexibility index (Phi) is 5.20. The van der Waals surface area contributed by atoms with Crippen LogP contribution in [0, 0.1) is 11.8 Å². The molecule has 4 heteroatoms. The number of amides is 1. The summed E-state index contributed by atoms with van der Waals surface area (Å²) in [5, 5.41) is 3.37. The summed E-state index contributed by atoms with van der Waals surface area (Å²) in [6.07, 6.45) is 7.46. The van der Waals surface area contributed by atoms with E-state index in [4.69, 9.17) is 4.74 Å². The van der Waals surface area contributed by atoms with E-state index in [1.165, 1.54) is 0 Å². The third kappa shape index (κ3) is 3.33. The first-order valence-corrected chi connectivity index (χ1v) is 6.96. The lowest BCUT2D eigenvalue weighted by atomic mass is 9.82. The summed E-state index contributed by atoms with van der Waals surface area (Å²) in [7, 11) is 1.68. The van der Waals surface area contributed by atoms with E-state index in [0.29, 0.717) is 25.0 Å². The molecule has 0 bridgehead atoms. The van der Waals surface area contributed by atoms with Gasteiger partial charge in [-0.2, -0.15) is 0 Å². The van der Waals surface area contributed by atoms with E-state index in [1.54, 1.807) is 7.11 Å². The van der Waals surface area contributed by atoms with E-state index < -0.39 is 0 Å². The number of methoxy groups -OCH3 is 1. The number of ether oxygens (including phenoxy) is 1. The second kappa shape index (κ2) is 6.90. The molecule has 0 aromatic heterocycles. The fourth-order valence-corrected chi connectivity index (χ4v) is 2.91. The van der Waals surface area contributed by atoms with Gasteiger partial charge in [-0.15, -0.1) is 0 Å². The highest BCUT2D eigenvalue weighted by atomic mass is 16.5. The largest absolute Gasteiger partial charge is 0.383 e. The summed E-state index contributed by atoms with van der Waals surface area (Å²) < 4.78 is 5.09. The van der Waals surface area contributed by atoms with Crippen molar-refractivity contribution in [2.75, 3.05) is 39.9 Å². The maximum absolute atomic E-state index is 12.6. The molecule has 4 nitrogen and oxygen atoms in total. The Labute approximate surface area is 109 Å². The van der Waals surface area contributed by atoms with E-state index in [2.05, 4.69) is 17.5 Å². The molecule has 2 aliphatic heterocycles. The summed E-state index contributed by atoms with van der Waals surface area (Å²) in [5.41, 5.74) is 0. The number of hydrogen-bond donors (Lipinski definition) is 1. The highest BCUT2D eigenvalue weighted by Crippen LogP contribution is 2.28. The lowest BCUT2D eigenvalue weighted by molar-refractivity contribution is -0.137. The number of carbonyl (C=O) groups is 1. The van der Waals surface area contributed by atoms with E-state index in [-0.39, 0.29) is 5.92 Å². The molecule has 0 aromatic rings. The Balaban J connectivity index is 1.99. The predicted molar refractivity (Wildman–Crippen MR) is 71.3 cm³/mol. The van der Waals surface area contributed by atoms with Crippen molar-refractivity contribution in [3.63, 3.8) is 0 Å². The van der Waals surface area contributed by atoms with Crippen LogP contribution in [0.4, 0.5) is 0 Å². The van der Waals surface area contributed by atoms with Gasteiger partial charge in [-0.25, -0.2) is 0 Å². The number of carbonyl (C=O) groups excluding carboxylic acids is 1. The van der Waals surface area contributed by atoms with Crippen LogP contribution in [0.3, 0.4) is 0 Å². The van der Waals surface area contributed by atoms with Gasteiger partial charge in [0.05, 0.1) is 6.61 Å². The Bertz CT molecular complexity index is 298. The molecule has 2 rings (SSSR count). The van der Waals surface area contributed by atoms with E-state index in [0.717, 1.165) is 38.9 Å². The standard InChI is InChI=1S/C14H24N2O2/c1-18-11-10-16-9-3-2-4-13(14(16)17)12-5-7-15-8-6-12/h2-3,12-13,15H,4-11H2,1H3/t13-/m1/s1. The summed E-state index contributed by atoms with van der Waals surface area (Å²) in [4.78, 5) is 14.5. The number of nitrogens with one attached hydrogen (secondary N) is 1. The molecule has 0 aromatic carbocycles. The first-order chi connectivity index (χ1) is 8.83. The summed E-state index contributed by atoms with van der Waals surface area (Å²) in [6, 6.07) is 0. The average molecular weight is 252 g/mol. The van der Waals surface area contributed by atoms with E-state index in [1.807, 2.05) is 4.90 Å². The van der Waals surface area contributed by atoms with Gasteiger partial charge < -0.3 is 15.0 Å². The quantitative estimate of drug-likeness (QED) is 0.760.